The molecule has 1 N–H and O–H groups in total. The number of halogens is 1. The van der Waals surface area contributed by atoms with E-state index in [9.17, 15) is 13.2 Å². The highest BCUT2D eigenvalue weighted by Crippen LogP contribution is 2.39. The zero-order valence-corrected chi connectivity index (χ0v) is 15.1. The van der Waals surface area contributed by atoms with Crippen molar-refractivity contribution in [2.75, 3.05) is 11.2 Å². The van der Waals surface area contributed by atoms with Crippen molar-refractivity contribution in [1.29, 1.82) is 0 Å². The van der Waals surface area contributed by atoms with Crippen LogP contribution in [0.2, 0.25) is 5.02 Å². The van der Waals surface area contributed by atoms with Crippen molar-refractivity contribution in [1.82, 2.24) is 9.71 Å². The second-order valence-corrected chi connectivity index (χ2v) is 8.62. The summed E-state index contributed by atoms with van der Waals surface area (Å²) in [6.07, 6.45) is 5.85. The SMILES string of the molecule is CS(=O)(=O)NC1CCc2c1cncc2N1Cc2cc(Cl)ccc2C1=O. The minimum Gasteiger partial charge on any atom is -0.302 e. The van der Waals surface area contributed by atoms with E-state index >= 15 is 0 Å². The molecule has 1 aromatic carbocycles. The molecule has 2 aliphatic rings. The van der Waals surface area contributed by atoms with Crippen molar-refractivity contribution in [3.05, 3.63) is 57.9 Å². The Morgan fingerprint density at radius 3 is 2.88 bits per heavy atom. The summed E-state index contributed by atoms with van der Waals surface area (Å²) in [5, 5.41) is 0.599. The lowest BCUT2D eigenvalue weighted by Crippen LogP contribution is -2.26. The number of rotatable bonds is 3. The number of nitrogens with one attached hydrogen (secondary N) is 1. The van der Waals surface area contributed by atoms with E-state index in [2.05, 4.69) is 9.71 Å². The Kier molecular flexibility index (Phi) is 3.82. The summed E-state index contributed by atoms with van der Waals surface area (Å²) in [6.45, 7) is 0.441. The van der Waals surface area contributed by atoms with Gasteiger partial charge in [0.1, 0.15) is 0 Å². The first kappa shape index (κ1) is 16.5. The number of hydrogen-bond acceptors (Lipinski definition) is 4. The lowest BCUT2D eigenvalue weighted by Gasteiger charge is -2.19. The third-order valence-electron chi connectivity index (χ3n) is 4.64. The molecule has 0 spiro atoms. The maximum Gasteiger partial charge on any atom is 0.258 e. The Morgan fingerprint density at radius 2 is 2.12 bits per heavy atom. The molecular weight excluding hydrogens is 362 g/mol. The minimum absolute atomic E-state index is 0.0820. The van der Waals surface area contributed by atoms with Crippen LogP contribution >= 0.6 is 11.6 Å². The van der Waals surface area contributed by atoms with E-state index in [1.54, 1.807) is 35.5 Å². The smallest absolute Gasteiger partial charge is 0.258 e. The Balaban J connectivity index is 1.71. The van der Waals surface area contributed by atoms with Gasteiger partial charge in [-0.2, -0.15) is 0 Å². The van der Waals surface area contributed by atoms with Crippen molar-refractivity contribution < 1.29 is 13.2 Å². The molecule has 2 heterocycles. The standard InChI is InChI=1S/C17H16ClN3O3S/c1-25(23,24)20-15-5-4-13-14(15)7-19-8-16(13)21-9-10-6-11(18)2-3-12(10)17(21)22/h2-3,6-8,15,20H,4-5,9H2,1H3. The third kappa shape index (κ3) is 2.92. The van der Waals surface area contributed by atoms with Gasteiger partial charge >= 0.3 is 0 Å². The molecule has 1 aliphatic heterocycles. The average molecular weight is 378 g/mol. The zero-order chi connectivity index (χ0) is 17.8. The van der Waals surface area contributed by atoms with Gasteiger partial charge in [0.15, 0.2) is 0 Å². The van der Waals surface area contributed by atoms with Crippen molar-refractivity contribution in [2.45, 2.75) is 25.4 Å². The van der Waals surface area contributed by atoms with Crippen LogP contribution in [0.4, 0.5) is 5.69 Å². The molecule has 0 saturated heterocycles. The number of benzene rings is 1. The molecule has 4 rings (SSSR count). The number of sulfonamides is 1. The lowest BCUT2D eigenvalue weighted by atomic mass is 10.1. The first-order chi connectivity index (χ1) is 11.8. The molecule has 130 valence electrons. The average Bonchev–Trinajstić information content (AvgIpc) is 3.07. The van der Waals surface area contributed by atoms with Gasteiger partial charge in [-0.1, -0.05) is 11.6 Å². The molecular formula is C17H16ClN3O3S. The quantitative estimate of drug-likeness (QED) is 0.890. The Hall–Kier alpha value is -1.96. The predicted molar refractivity (Wildman–Crippen MR) is 95.2 cm³/mol. The molecule has 1 unspecified atom stereocenters. The molecule has 6 nitrogen and oxygen atoms in total. The van der Waals surface area contributed by atoms with Crippen molar-refractivity contribution in [3.63, 3.8) is 0 Å². The van der Waals surface area contributed by atoms with E-state index in [-0.39, 0.29) is 11.9 Å². The molecule has 0 radical (unpaired) electrons. The number of carbonyl (C=O) groups is 1. The van der Waals surface area contributed by atoms with Crippen molar-refractivity contribution in [2.24, 2.45) is 0 Å². The van der Waals surface area contributed by atoms with E-state index in [1.807, 2.05) is 0 Å². The van der Waals surface area contributed by atoms with Gasteiger partial charge in [-0.05, 0) is 47.7 Å². The highest BCUT2D eigenvalue weighted by atomic mass is 35.5. The van der Waals surface area contributed by atoms with Crippen LogP contribution in [-0.2, 0) is 23.0 Å². The van der Waals surface area contributed by atoms with Crippen LogP contribution in [0.15, 0.2) is 30.6 Å². The molecule has 0 saturated carbocycles. The Morgan fingerprint density at radius 1 is 1.32 bits per heavy atom. The van der Waals surface area contributed by atoms with Crippen LogP contribution in [0.25, 0.3) is 0 Å². The number of nitrogens with zero attached hydrogens (tertiary/aromatic N) is 2. The molecule has 1 amide bonds. The highest BCUT2D eigenvalue weighted by molar-refractivity contribution is 7.88. The van der Waals surface area contributed by atoms with Gasteiger partial charge in [0, 0.05) is 22.8 Å². The van der Waals surface area contributed by atoms with Gasteiger partial charge in [0.05, 0.1) is 24.7 Å². The van der Waals surface area contributed by atoms with E-state index in [0.29, 0.717) is 30.0 Å². The summed E-state index contributed by atoms with van der Waals surface area (Å²) < 4.78 is 25.8. The summed E-state index contributed by atoms with van der Waals surface area (Å²) in [5.41, 5.74) is 4.09. The largest absolute Gasteiger partial charge is 0.302 e. The summed E-state index contributed by atoms with van der Waals surface area (Å²) in [4.78, 5) is 18.7. The van der Waals surface area contributed by atoms with Crippen molar-refractivity contribution >= 4 is 33.2 Å². The molecule has 1 atom stereocenters. The Labute approximate surface area is 150 Å². The molecule has 1 aliphatic carbocycles. The first-order valence-electron chi connectivity index (χ1n) is 7.88. The van der Waals surface area contributed by atoms with Gasteiger partial charge in [0.2, 0.25) is 10.0 Å². The molecule has 8 heteroatoms. The monoisotopic (exact) mass is 377 g/mol. The zero-order valence-electron chi connectivity index (χ0n) is 13.5. The molecule has 0 fully saturated rings. The van der Waals surface area contributed by atoms with Crippen LogP contribution in [0, 0.1) is 0 Å². The minimum atomic E-state index is -3.31. The fourth-order valence-corrected chi connectivity index (χ4v) is 4.56. The third-order valence-corrected chi connectivity index (χ3v) is 5.59. The van der Waals surface area contributed by atoms with Crippen LogP contribution in [0.1, 0.15) is 39.5 Å². The number of fused-ring (bicyclic) bond motifs is 2. The van der Waals surface area contributed by atoms with Gasteiger partial charge in [-0.25, -0.2) is 13.1 Å². The number of carbonyl (C=O) groups excluding carboxylic acids is 1. The summed E-state index contributed by atoms with van der Waals surface area (Å²) in [7, 11) is -3.31. The maximum absolute atomic E-state index is 12.8. The number of hydrogen-bond donors (Lipinski definition) is 1. The van der Waals surface area contributed by atoms with Gasteiger partial charge in [-0.15, -0.1) is 0 Å². The number of anilines is 1. The van der Waals surface area contributed by atoms with Crippen LogP contribution < -0.4 is 9.62 Å². The molecule has 25 heavy (non-hydrogen) atoms. The first-order valence-corrected chi connectivity index (χ1v) is 10.1. The summed E-state index contributed by atoms with van der Waals surface area (Å²) in [5.74, 6) is -0.0820. The topological polar surface area (TPSA) is 79.4 Å². The maximum atomic E-state index is 12.8. The fourth-order valence-electron chi connectivity index (χ4n) is 3.61. The van der Waals surface area contributed by atoms with E-state index in [1.165, 1.54) is 0 Å². The fraction of sp³-hybridized carbons (Fsp3) is 0.294. The van der Waals surface area contributed by atoms with Gasteiger partial charge in [-0.3, -0.25) is 9.78 Å². The number of pyridine rings is 1. The second kappa shape index (κ2) is 5.79. The number of amides is 1. The van der Waals surface area contributed by atoms with Crippen LogP contribution in [-0.4, -0.2) is 25.6 Å². The van der Waals surface area contributed by atoms with Crippen LogP contribution in [0.3, 0.4) is 0 Å². The molecule has 0 bridgehead atoms. The number of aromatic nitrogens is 1. The van der Waals surface area contributed by atoms with E-state index in [0.717, 1.165) is 28.6 Å². The Bertz CT molecular complexity index is 991. The van der Waals surface area contributed by atoms with Crippen LogP contribution in [0.5, 0.6) is 0 Å². The normalized spacial score (nSPS) is 19.2. The van der Waals surface area contributed by atoms with E-state index in [4.69, 9.17) is 11.6 Å². The lowest BCUT2D eigenvalue weighted by molar-refractivity contribution is 0.0996. The summed E-state index contributed by atoms with van der Waals surface area (Å²) >= 11 is 6.03. The second-order valence-electron chi connectivity index (χ2n) is 6.40. The molecule has 1 aromatic heterocycles. The predicted octanol–water partition coefficient (Wildman–Crippen LogP) is 2.43. The van der Waals surface area contributed by atoms with Gasteiger partial charge in [0.25, 0.3) is 5.91 Å². The summed E-state index contributed by atoms with van der Waals surface area (Å²) in [6, 6.07) is 4.96. The van der Waals surface area contributed by atoms with Gasteiger partial charge < -0.3 is 4.90 Å². The van der Waals surface area contributed by atoms with Crippen molar-refractivity contribution in [3.8, 4) is 0 Å². The van der Waals surface area contributed by atoms with E-state index < -0.39 is 10.0 Å². The molecule has 2 aromatic rings. The highest BCUT2D eigenvalue weighted by Gasteiger charge is 2.34.